The number of Topliss-reactive ketones (excluding diaryl/α,β-unsaturated/α-hetero) is 1. The number of halogens is 2. The van der Waals surface area contributed by atoms with E-state index in [0.717, 1.165) is 11.1 Å². The number of aryl methyl sites for hydroxylation is 1. The lowest BCUT2D eigenvalue weighted by molar-refractivity contribution is -0.114. The van der Waals surface area contributed by atoms with Gasteiger partial charge in [-0.25, -0.2) is 4.39 Å². The summed E-state index contributed by atoms with van der Waals surface area (Å²) in [6.45, 7) is 2.03. The number of benzene rings is 2. The molecule has 0 bridgehead atoms. The fourth-order valence-electron chi connectivity index (χ4n) is 2.49. The van der Waals surface area contributed by atoms with Crippen molar-refractivity contribution in [1.29, 1.82) is 0 Å². The summed E-state index contributed by atoms with van der Waals surface area (Å²) in [4.78, 5) is 25.7. The predicted octanol–water partition coefficient (Wildman–Crippen LogP) is 3.52. The van der Waals surface area contributed by atoms with Gasteiger partial charge in [0.25, 0.3) is 11.7 Å². The minimum absolute atomic E-state index is 0.207. The Morgan fingerprint density at radius 2 is 1.76 bits per heavy atom. The van der Waals surface area contributed by atoms with Gasteiger partial charge in [0.1, 0.15) is 5.82 Å². The second-order valence-corrected chi connectivity index (χ2v) is 5.34. The number of hydrogen-bond donors (Lipinski definition) is 0. The molecule has 3 rings (SSSR count). The average molecular weight is 304 g/mol. The molecule has 1 amide bonds. The highest BCUT2D eigenvalue weighted by Crippen LogP contribution is 2.37. The van der Waals surface area contributed by atoms with Crippen LogP contribution in [0, 0.1) is 12.7 Å². The zero-order valence-corrected chi connectivity index (χ0v) is 11.9. The highest BCUT2D eigenvalue weighted by atomic mass is 35.5. The number of carbonyl (C=O) groups is 2. The molecular formula is C16H11ClFNO2. The van der Waals surface area contributed by atoms with Gasteiger partial charge in [-0.05, 0) is 36.2 Å². The minimum Gasteiger partial charge on any atom is -0.300 e. The summed E-state index contributed by atoms with van der Waals surface area (Å²) in [5.41, 5.74) is 2.34. The van der Waals surface area contributed by atoms with Crippen LogP contribution < -0.4 is 4.90 Å². The summed E-state index contributed by atoms with van der Waals surface area (Å²) in [5.74, 6) is -1.55. The van der Waals surface area contributed by atoms with Gasteiger partial charge in [-0.15, -0.1) is 0 Å². The number of hydrogen-bond acceptors (Lipinski definition) is 2. The Bertz CT molecular complexity index is 756. The van der Waals surface area contributed by atoms with Gasteiger partial charge in [-0.2, -0.15) is 0 Å². The van der Waals surface area contributed by atoms with Crippen molar-refractivity contribution in [3.63, 3.8) is 0 Å². The molecule has 0 atom stereocenters. The molecule has 5 heteroatoms. The van der Waals surface area contributed by atoms with Crippen LogP contribution in [0.15, 0.2) is 36.4 Å². The molecule has 1 aliphatic heterocycles. The molecule has 2 aromatic rings. The van der Waals surface area contributed by atoms with Gasteiger partial charge in [0.15, 0.2) is 0 Å². The molecule has 1 heterocycles. The van der Waals surface area contributed by atoms with Crippen molar-refractivity contribution in [3.8, 4) is 0 Å². The van der Waals surface area contributed by atoms with Gasteiger partial charge in [-0.3, -0.25) is 9.59 Å². The van der Waals surface area contributed by atoms with E-state index in [4.69, 9.17) is 11.6 Å². The molecule has 3 nitrogen and oxygen atoms in total. The first-order chi connectivity index (χ1) is 9.99. The van der Waals surface area contributed by atoms with Crippen LogP contribution in [0.5, 0.6) is 0 Å². The molecule has 2 aromatic carbocycles. The van der Waals surface area contributed by atoms with Crippen molar-refractivity contribution in [3.05, 3.63) is 63.9 Å². The second kappa shape index (κ2) is 4.97. The summed E-state index contributed by atoms with van der Waals surface area (Å²) in [5, 5.41) is 0.274. The van der Waals surface area contributed by atoms with E-state index in [9.17, 15) is 14.0 Å². The zero-order chi connectivity index (χ0) is 15.1. The Morgan fingerprint density at radius 1 is 1.10 bits per heavy atom. The quantitative estimate of drug-likeness (QED) is 0.796. The molecule has 1 aliphatic rings. The summed E-state index contributed by atoms with van der Waals surface area (Å²) in [6.07, 6.45) is 0. The number of anilines is 1. The molecule has 0 aliphatic carbocycles. The number of ketones is 1. The Morgan fingerprint density at radius 3 is 2.43 bits per heavy atom. The smallest absolute Gasteiger partial charge is 0.299 e. The average Bonchev–Trinajstić information content (AvgIpc) is 2.71. The molecular weight excluding hydrogens is 293 g/mol. The van der Waals surface area contributed by atoms with Crippen LogP contribution in [-0.4, -0.2) is 11.7 Å². The summed E-state index contributed by atoms with van der Waals surface area (Å²) in [7, 11) is 0. The first kappa shape index (κ1) is 13.8. The number of rotatable bonds is 2. The maximum atomic E-state index is 12.9. The lowest BCUT2D eigenvalue weighted by Crippen LogP contribution is -2.29. The van der Waals surface area contributed by atoms with E-state index in [1.54, 1.807) is 24.3 Å². The summed E-state index contributed by atoms with van der Waals surface area (Å²) >= 11 is 6.04. The highest BCUT2D eigenvalue weighted by Gasteiger charge is 2.38. The SMILES string of the molecule is Cc1ccc(Cl)c2c1N(Cc1ccc(F)cc1)C(=O)C2=O. The lowest BCUT2D eigenvalue weighted by Gasteiger charge is -2.18. The van der Waals surface area contributed by atoms with Gasteiger partial charge >= 0.3 is 0 Å². The van der Waals surface area contributed by atoms with E-state index in [2.05, 4.69) is 0 Å². The van der Waals surface area contributed by atoms with Crippen LogP contribution in [0.3, 0.4) is 0 Å². The standard InChI is InChI=1S/C16H11ClFNO2/c1-9-2-7-12(17)13-14(9)19(16(21)15(13)20)8-10-3-5-11(18)6-4-10/h2-7H,8H2,1H3. The Kier molecular flexibility index (Phi) is 3.26. The fraction of sp³-hybridized carbons (Fsp3) is 0.125. The predicted molar refractivity (Wildman–Crippen MR) is 78.1 cm³/mol. The Labute approximate surface area is 125 Å². The Balaban J connectivity index is 2.05. The molecule has 0 saturated heterocycles. The maximum absolute atomic E-state index is 12.9. The molecule has 0 fully saturated rings. The number of amides is 1. The van der Waals surface area contributed by atoms with Crippen molar-refractivity contribution in [1.82, 2.24) is 0 Å². The molecule has 21 heavy (non-hydrogen) atoms. The molecule has 0 saturated carbocycles. The van der Waals surface area contributed by atoms with Crippen molar-refractivity contribution < 1.29 is 14.0 Å². The molecule has 106 valence electrons. The summed E-state index contributed by atoms with van der Waals surface area (Å²) < 4.78 is 12.9. The van der Waals surface area contributed by atoms with Gasteiger partial charge in [0.05, 0.1) is 22.8 Å². The van der Waals surface area contributed by atoms with Crippen molar-refractivity contribution in [2.45, 2.75) is 13.5 Å². The topological polar surface area (TPSA) is 37.4 Å². The van der Waals surface area contributed by atoms with Crippen LogP contribution in [-0.2, 0) is 11.3 Å². The number of nitrogens with zero attached hydrogens (tertiary/aromatic N) is 1. The van der Waals surface area contributed by atoms with E-state index in [-0.39, 0.29) is 22.9 Å². The first-order valence-electron chi connectivity index (χ1n) is 6.39. The van der Waals surface area contributed by atoms with E-state index < -0.39 is 11.7 Å². The molecule has 0 unspecified atom stereocenters. The lowest BCUT2D eigenvalue weighted by atomic mass is 10.1. The van der Waals surface area contributed by atoms with E-state index in [1.807, 2.05) is 6.92 Å². The number of carbonyl (C=O) groups excluding carboxylic acids is 2. The fourth-order valence-corrected chi connectivity index (χ4v) is 2.73. The van der Waals surface area contributed by atoms with Crippen molar-refractivity contribution in [2.75, 3.05) is 4.90 Å². The van der Waals surface area contributed by atoms with Crippen molar-refractivity contribution >= 4 is 29.0 Å². The monoisotopic (exact) mass is 303 g/mol. The normalized spacial score (nSPS) is 13.8. The molecule has 0 aromatic heterocycles. The highest BCUT2D eigenvalue weighted by molar-refractivity contribution is 6.55. The minimum atomic E-state index is -0.606. The zero-order valence-electron chi connectivity index (χ0n) is 11.2. The van der Waals surface area contributed by atoms with Crippen LogP contribution in [0.2, 0.25) is 5.02 Å². The van der Waals surface area contributed by atoms with Gasteiger partial charge in [0.2, 0.25) is 0 Å². The van der Waals surface area contributed by atoms with Crippen LogP contribution in [0.1, 0.15) is 21.5 Å². The Hall–Kier alpha value is -2.20. The third-order valence-electron chi connectivity index (χ3n) is 3.52. The largest absolute Gasteiger partial charge is 0.300 e. The molecule has 0 radical (unpaired) electrons. The van der Waals surface area contributed by atoms with Crippen LogP contribution in [0.4, 0.5) is 10.1 Å². The van der Waals surface area contributed by atoms with E-state index >= 15 is 0 Å². The summed E-state index contributed by atoms with van der Waals surface area (Å²) in [6, 6.07) is 9.20. The van der Waals surface area contributed by atoms with Crippen LogP contribution >= 0.6 is 11.6 Å². The van der Waals surface area contributed by atoms with Gasteiger partial charge < -0.3 is 4.90 Å². The van der Waals surface area contributed by atoms with E-state index in [0.29, 0.717) is 5.69 Å². The third-order valence-corrected chi connectivity index (χ3v) is 3.83. The molecule has 0 N–H and O–H groups in total. The van der Waals surface area contributed by atoms with Gasteiger partial charge in [0, 0.05) is 0 Å². The molecule has 0 spiro atoms. The first-order valence-corrected chi connectivity index (χ1v) is 6.76. The van der Waals surface area contributed by atoms with Crippen molar-refractivity contribution in [2.24, 2.45) is 0 Å². The third kappa shape index (κ3) is 2.21. The van der Waals surface area contributed by atoms with E-state index in [1.165, 1.54) is 17.0 Å². The van der Waals surface area contributed by atoms with Gasteiger partial charge in [-0.1, -0.05) is 29.8 Å². The number of fused-ring (bicyclic) bond motifs is 1. The van der Waals surface area contributed by atoms with Crippen LogP contribution in [0.25, 0.3) is 0 Å². The second-order valence-electron chi connectivity index (χ2n) is 4.93. The maximum Gasteiger partial charge on any atom is 0.299 e.